The maximum atomic E-state index is 5.63. The van der Waals surface area contributed by atoms with Crippen molar-refractivity contribution in [1.29, 1.82) is 0 Å². The van der Waals surface area contributed by atoms with Crippen LogP contribution in [-0.4, -0.2) is 21.9 Å². The molecule has 1 rings (SSSR count). The van der Waals surface area contributed by atoms with Gasteiger partial charge in [0, 0.05) is 17.5 Å². The largest absolute Gasteiger partial charge is 0.326 e. The molecule has 1 aliphatic heterocycles. The fourth-order valence-corrected chi connectivity index (χ4v) is 2.81. The summed E-state index contributed by atoms with van der Waals surface area (Å²) in [5, 5.41) is 0. The lowest BCUT2D eigenvalue weighted by Gasteiger charge is -2.16. The Morgan fingerprint density at radius 2 is 2.11 bits per heavy atom. The molecule has 1 saturated heterocycles. The third kappa shape index (κ3) is 2.41. The number of thiol groups is 1. The van der Waals surface area contributed by atoms with Crippen LogP contribution in [0.2, 0.25) is 0 Å². The Labute approximate surface area is 68.6 Å². The SMILES string of the molecule is NC1CSC(=NS)SC1. The second-order valence-electron chi connectivity index (χ2n) is 1.75. The molecule has 0 radical (unpaired) electrons. The van der Waals surface area contributed by atoms with Crippen molar-refractivity contribution >= 4 is 40.7 Å². The summed E-state index contributed by atoms with van der Waals surface area (Å²) in [5.41, 5.74) is 5.63. The Kier molecular flexibility index (Phi) is 3.25. The maximum Gasteiger partial charge on any atom is 0.137 e. The molecule has 1 heterocycles. The molecule has 0 aromatic heterocycles. The molecule has 0 aromatic rings. The van der Waals surface area contributed by atoms with E-state index < -0.39 is 0 Å². The smallest absolute Gasteiger partial charge is 0.137 e. The van der Waals surface area contributed by atoms with Crippen LogP contribution in [0.4, 0.5) is 0 Å². The van der Waals surface area contributed by atoms with Gasteiger partial charge in [-0.25, -0.2) is 4.40 Å². The third-order valence-corrected chi connectivity index (χ3v) is 3.97. The van der Waals surface area contributed by atoms with Crippen molar-refractivity contribution < 1.29 is 0 Å². The second kappa shape index (κ2) is 3.75. The van der Waals surface area contributed by atoms with Gasteiger partial charge in [0.2, 0.25) is 0 Å². The third-order valence-electron chi connectivity index (χ3n) is 0.923. The minimum Gasteiger partial charge on any atom is -0.326 e. The van der Waals surface area contributed by atoms with Gasteiger partial charge in [0.15, 0.2) is 0 Å². The summed E-state index contributed by atoms with van der Waals surface area (Å²) in [5.74, 6) is 1.96. The zero-order valence-corrected chi connectivity index (χ0v) is 7.31. The highest BCUT2D eigenvalue weighted by Crippen LogP contribution is 2.24. The second-order valence-corrected chi connectivity index (χ2v) is 4.22. The zero-order valence-electron chi connectivity index (χ0n) is 4.78. The molecule has 5 heteroatoms. The van der Waals surface area contributed by atoms with Gasteiger partial charge in [-0.1, -0.05) is 23.5 Å². The molecule has 0 bridgehead atoms. The maximum absolute atomic E-state index is 5.63. The highest BCUT2D eigenvalue weighted by molar-refractivity contribution is 8.39. The molecule has 0 aromatic carbocycles. The fourth-order valence-electron chi connectivity index (χ4n) is 0.504. The van der Waals surface area contributed by atoms with Crippen molar-refractivity contribution in [3.05, 3.63) is 0 Å². The van der Waals surface area contributed by atoms with Crippen LogP contribution in [0, 0.1) is 0 Å². The van der Waals surface area contributed by atoms with Crippen LogP contribution in [0.1, 0.15) is 0 Å². The molecular formula is C4H8N2S3. The molecule has 0 saturated carbocycles. The van der Waals surface area contributed by atoms with E-state index in [1.807, 2.05) is 0 Å². The van der Waals surface area contributed by atoms with E-state index in [2.05, 4.69) is 17.2 Å². The quantitative estimate of drug-likeness (QED) is 0.546. The Morgan fingerprint density at radius 1 is 1.56 bits per heavy atom. The van der Waals surface area contributed by atoms with E-state index in [1.54, 1.807) is 23.5 Å². The standard InChI is InChI=1S/C4H8N2S3/c5-3-1-8-4(6-7)9-2-3/h3,7H,1-2,5H2. The summed E-state index contributed by atoms with van der Waals surface area (Å²) in [4.78, 5) is 0. The van der Waals surface area contributed by atoms with Gasteiger partial charge in [-0.05, 0) is 12.8 Å². The number of hydrogen-bond acceptors (Lipinski definition) is 5. The van der Waals surface area contributed by atoms with Gasteiger partial charge < -0.3 is 5.73 Å². The summed E-state index contributed by atoms with van der Waals surface area (Å²) in [6, 6.07) is 0.332. The zero-order chi connectivity index (χ0) is 6.69. The average Bonchev–Trinajstić information content (AvgIpc) is 1.90. The van der Waals surface area contributed by atoms with E-state index in [0.29, 0.717) is 6.04 Å². The number of nitrogens with two attached hydrogens (primary N) is 1. The molecule has 0 atom stereocenters. The van der Waals surface area contributed by atoms with Gasteiger partial charge in [0.25, 0.3) is 0 Å². The van der Waals surface area contributed by atoms with Gasteiger partial charge in [0.1, 0.15) is 4.38 Å². The van der Waals surface area contributed by atoms with Gasteiger partial charge in [-0.2, -0.15) is 0 Å². The highest BCUT2D eigenvalue weighted by Gasteiger charge is 2.13. The molecule has 9 heavy (non-hydrogen) atoms. The Hall–Kier alpha value is 0.680. The summed E-state index contributed by atoms with van der Waals surface area (Å²) in [6.07, 6.45) is 0. The summed E-state index contributed by atoms with van der Waals surface area (Å²) < 4.78 is 4.81. The fraction of sp³-hybridized carbons (Fsp3) is 0.750. The van der Waals surface area contributed by atoms with Crippen LogP contribution >= 0.6 is 36.3 Å². The number of thioether (sulfide) groups is 2. The first kappa shape index (κ1) is 7.78. The molecule has 2 nitrogen and oxygen atoms in total. The van der Waals surface area contributed by atoms with Crippen LogP contribution in [0.5, 0.6) is 0 Å². The predicted octanol–water partition coefficient (Wildman–Crippen LogP) is 0.994. The number of rotatable bonds is 0. The molecule has 2 N–H and O–H groups in total. The average molecular weight is 180 g/mol. The summed E-state index contributed by atoms with van der Waals surface area (Å²) in [7, 11) is 0. The van der Waals surface area contributed by atoms with Crippen molar-refractivity contribution in [2.75, 3.05) is 11.5 Å². The van der Waals surface area contributed by atoms with Gasteiger partial charge in [-0.3, -0.25) is 0 Å². The molecule has 1 fully saturated rings. The van der Waals surface area contributed by atoms with E-state index in [-0.39, 0.29) is 0 Å². The number of nitrogens with zero attached hydrogens (tertiary/aromatic N) is 1. The van der Waals surface area contributed by atoms with Crippen molar-refractivity contribution in [2.45, 2.75) is 6.04 Å². The monoisotopic (exact) mass is 180 g/mol. The van der Waals surface area contributed by atoms with Crippen molar-refractivity contribution in [1.82, 2.24) is 0 Å². The molecule has 0 unspecified atom stereocenters. The Bertz CT molecular complexity index is 115. The van der Waals surface area contributed by atoms with E-state index in [1.165, 1.54) is 0 Å². The number of hydrogen-bond donors (Lipinski definition) is 2. The van der Waals surface area contributed by atoms with Crippen LogP contribution in [-0.2, 0) is 0 Å². The van der Waals surface area contributed by atoms with Crippen LogP contribution in [0.25, 0.3) is 0 Å². The van der Waals surface area contributed by atoms with Crippen LogP contribution in [0.15, 0.2) is 4.40 Å². The Morgan fingerprint density at radius 3 is 2.56 bits per heavy atom. The molecule has 0 amide bonds. The van der Waals surface area contributed by atoms with E-state index in [4.69, 9.17) is 5.73 Å². The predicted molar refractivity (Wildman–Crippen MR) is 49.3 cm³/mol. The first-order valence-corrected chi connectivity index (χ1v) is 4.93. The van der Waals surface area contributed by atoms with Crippen LogP contribution in [0.3, 0.4) is 0 Å². The molecule has 1 aliphatic rings. The minimum absolute atomic E-state index is 0.332. The van der Waals surface area contributed by atoms with Crippen LogP contribution < -0.4 is 5.73 Å². The molecule has 0 spiro atoms. The Balaban J connectivity index is 2.35. The first-order chi connectivity index (χ1) is 4.33. The topological polar surface area (TPSA) is 38.4 Å². The molecular weight excluding hydrogens is 172 g/mol. The van der Waals surface area contributed by atoms with Crippen molar-refractivity contribution in [2.24, 2.45) is 10.1 Å². The van der Waals surface area contributed by atoms with Gasteiger partial charge in [-0.15, -0.1) is 0 Å². The lowest BCUT2D eigenvalue weighted by Crippen LogP contribution is -2.29. The first-order valence-electron chi connectivity index (χ1n) is 2.56. The summed E-state index contributed by atoms with van der Waals surface area (Å²) in [6.45, 7) is 0. The molecule has 52 valence electrons. The lowest BCUT2D eigenvalue weighted by molar-refractivity contribution is 0.862. The van der Waals surface area contributed by atoms with Crippen molar-refractivity contribution in [3.63, 3.8) is 0 Å². The van der Waals surface area contributed by atoms with Crippen molar-refractivity contribution in [3.8, 4) is 0 Å². The van der Waals surface area contributed by atoms with E-state index in [9.17, 15) is 0 Å². The highest BCUT2D eigenvalue weighted by atomic mass is 32.2. The van der Waals surface area contributed by atoms with Gasteiger partial charge in [0.05, 0.1) is 0 Å². The molecule has 0 aliphatic carbocycles. The van der Waals surface area contributed by atoms with E-state index in [0.717, 1.165) is 15.9 Å². The normalized spacial score (nSPS) is 28.2. The van der Waals surface area contributed by atoms with Gasteiger partial charge >= 0.3 is 0 Å². The summed E-state index contributed by atoms with van der Waals surface area (Å²) >= 11 is 7.16. The lowest BCUT2D eigenvalue weighted by atomic mass is 10.4. The minimum atomic E-state index is 0.332. The van der Waals surface area contributed by atoms with E-state index >= 15 is 0 Å².